The summed E-state index contributed by atoms with van der Waals surface area (Å²) in [5.74, 6) is 0.667. The minimum atomic E-state index is -0.240. The van der Waals surface area contributed by atoms with Gasteiger partial charge in [-0.1, -0.05) is 43.5 Å². The Morgan fingerprint density at radius 1 is 1.47 bits per heavy atom. The summed E-state index contributed by atoms with van der Waals surface area (Å²) in [6, 6.07) is 5.99. The molecule has 3 unspecified atom stereocenters. The van der Waals surface area contributed by atoms with Crippen LogP contribution in [0.15, 0.2) is 18.2 Å². The number of rotatable bonds is 3. The average molecular weight is 282 g/mol. The Balaban J connectivity index is 2.29. The molecule has 106 valence electrons. The van der Waals surface area contributed by atoms with Gasteiger partial charge in [0.05, 0.1) is 11.6 Å². The molecule has 2 nitrogen and oxygen atoms in total. The first-order valence-electron chi connectivity index (χ1n) is 7.05. The van der Waals surface area contributed by atoms with Gasteiger partial charge in [-0.15, -0.1) is 0 Å². The maximum Gasteiger partial charge on any atom is 0.0872 e. The van der Waals surface area contributed by atoms with Gasteiger partial charge in [0, 0.05) is 12.1 Å². The molecule has 1 saturated carbocycles. The normalized spacial score (nSPS) is 29.2. The summed E-state index contributed by atoms with van der Waals surface area (Å²) in [6.45, 7) is 4.29. The highest BCUT2D eigenvalue weighted by Crippen LogP contribution is 2.42. The largest absolute Gasteiger partial charge is 0.376 e. The summed E-state index contributed by atoms with van der Waals surface area (Å²) in [6.07, 6.45) is 4.51. The summed E-state index contributed by atoms with van der Waals surface area (Å²) < 4.78 is 5.87. The highest BCUT2D eigenvalue weighted by Gasteiger charge is 2.41. The number of hydrogen-bond donors (Lipinski definition) is 1. The van der Waals surface area contributed by atoms with Crippen molar-refractivity contribution in [3.8, 4) is 0 Å². The van der Waals surface area contributed by atoms with Gasteiger partial charge in [-0.2, -0.15) is 0 Å². The van der Waals surface area contributed by atoms with Crippen molar-refractivity contribution in [1.29, 1.82) is 0 Å². The zero-order valence-electron chi connectivity index (χ0n) is 12.1. The van der Waals surface area contributed by atoms with Crippen molar-refractivity contribution < 1.29 is 4.74 Å². The maximum absolute atomic E-state index is 6.51. The lowest BCUT2D eigenvalue weighted by atomic mass is 9.73. The number of halogens is 1. The van der Waals surface area contributed by atoms with Crippen LogP contribution in [0, 0.1) is 12.8 Å². The van der Waals surface area contributed by atoms with Gasteiger partial charge in [-0.25, -0.2) is 0 Å². The van der Waals surface area contributed by atoms with E-state index in [1.54, 1.807) is 7.11 Å². The Bertz CT molecular complexity index is 448. The van der Waals surface area contributed by atoms with E-state index in [1.807, 2.05) is 19.1 Å². The molecule has 1 aromatic rings. The van der Waals surface area contributed by atoms with Crippen LogP contribution < -0.4 is 5.73 Å². The minimum Gasteiger partial charge on any atom is -0.376 e. The van der Waals surface area contributed by atoms with E-state index < -0.39 is 0 Å². The van der Waals surface area contributed by atoms with E-state index in [0.717, 1.165) is 29.0 Å². The second kappa shape index (κ2) is 5.82. The van der Waals surface area contributed by atoms with Crippen molar-refractivity contribution in [2.45, 2.75) is 51.2 Å². The van der Waals surface area contributed by atoms with Gasteiger partial charge >= 0.3 is 0 Å². The molecule has 1 aliphatic carbocycles. The van der Waals surface area contributed by atoms with Gasteiger partial charge in [-0.05, 0) is 42.9 Å². The lowest BCUT2D eigenvalue weighted by Gasteiger charge is -2.43. The maximum atomic E-state index is 6.51. The van der Waals surface area contributed by atoms with Crippen molar-refractivity contribution in [3.05, 3.63) is 34.3 Å². The third kappa shape index (κ3) is 2.96. The summed E-state index contributed by atoms with van der Waals surface area (Å²) in [5.41, 5.74) is 8.43. The first-order valence-corrected chi connectivity index (χ1v) is 7.43. The number of nitrogens with two attached hydrogens (primary N) is 1. The van der Waals surface area contributed by atoms with E-state index in [4.69, 9.17) is 22.1 Å². The van der Waals surface area contributed by atoms with Crippen LogP contribution in [-0.4, -0.2) is 12.7 Å². The second-order valence-electron chi connectivity index (χ2n) is 5.96. The molecule has 2 N–H and O–H groups in total. The molecule has 0 bridgehead atoms. The molecule has 0 amide bonds. The fraction of sp³-hybridized carbons (Fsp3) is 0.625. The summed E-state index contributed by atoms with van der Waals surface area (Å²) in [7, 11) is 1.79. The monoisotopic (exact) mass is 281 g/mol. The van der Waals surface area contributed by atoms with E-state index in [2.05, 4.69) is 13.0 Å². The molecule has 0 saturated heterocycles. The molecule has 3 atom stereocenters. The number of aryl methyl sites for hydroxylation is 1. The summed E-state index contributed by atoms with van der Waals surface area (Å²) >= 11 is 6.22. The molecule has 0 aliphatic heterocycles. The van der Waals surface area contributed by atoms with Crippen LogP contribution >= 0.6 is 11.6 Å². The van der Waals surface area contributed by atoms with Gasteiger partial charge in [-0.3, -0.25) is 0 Å². The van der Waals surface area contributed by atoms with Crippen LogP contribution in [0.1, 0.15) is 49.8 Å². The Morgan fingerprint density at radius 3 is 2.79 bits per heavy atom. The molecule has 0 radical (unpaired) electrons. The SMILES string of the molecule is COC1(C(N)c2ccc(C)c(Cl)c2)CCCC(C)C1. The lowest BCUT2D eigenvalue weighted by molar-refractivity contribution is -0.0718. The predicted octanol–water partition coefficient (Wildman–Crippen LogP) is 4.24. The van der Waals surface area contributed by atoms with Crippen LogP contribution in [0.3, 0.4) is 0 Å². The predicted molar refractivity (Wildman–Crippen MR) is 80.5 cm³/mol. The standard InChI is InChI=1S/C16H24ClNO/c1-11-5-4-8-16(10-11,19-3)15(18)13-7-6-12(2)14(17)9-13/h6-7,9,11,15H,4-5,8,10,18H2,1-3H3. The quantitative estimate of drug-likeness (QED) is 0.899. The third-order valence-electron chi connectivity index (χ3n) is 4.52. The molecule has 3 heteroatoms. The van der Waals surface area contributed by atoms with Crippen molar-refractivity contribution in [1.82, 2.24) is 0 Å². The van der Waals surface area contributed by atoms with Crippen molar-refractivity contribution in [2.75, 3.05) is 7.11 Å². The molecule has 2 rings (SSSR count). The Morgan fingerprint density at radius 2 is 2.21 bits per heavy atom. The topological polar surface area (TPSA) is 35.2 Å². The van der Waals surface area contributed by atoms with E-state index >= 15 is 0 Å². The van der Waals surface area contributed by atoms with Gasteiger partial charge < -0.3 is 10.5 Å². The average Bonchev–Trinajstić information content (AvgIpc) is 2.41. The van der Waals surface area contributed by atoms with E-state index in [-0.39, 0.29) is 11.6 Å². The summed E-state index contributed by atoms with van der Waals surface area (Å²) in [5, 5.41) is 0.781. The molecule has 0 aromatic heterocycles. The first-order chi connectivity index (χ1) is 8.98. The van der Waals surface area contributed by atoms with E-state index in [0.29, 0.717) is 5.92 Å². The van der Waals surface area contributed by atoms with Crippen LogP contribution in [0.4, 0.5) is 0 Å². The second-order valence-corrected chi connectivity index (χ2v) is 6.36. The van der Waals surface area contributed by atoms with Gasteiger partial charge in [0.2, 0.25) is 0 Å². The molecule has 0 heterocycles. The van der Waals surface area contributed by atoms with Crippen LogP contribution in [0.5, 0.6) is 0 Å². The number of benzene rings is 1. The van der Waals surface area contributed by atoms with Gasteiger partial charge in [0.1, 0.15) is 0 Å². The Hall–Kier alpha value is -0.570. The van der Waals surface area contributed by atoms with E-state index in [1.165, 1.54) is 12.8 Å². The molecule has 1 aliphatic rings. The van der Waals surface area contributed by atoms with Crippen molar-refractivity contribution in [2.24, 2.45) is 11.7 Å². The highest BCUT2D eigenvalue weighted by molar-refractivity contribution is 6.31. The van der Waals surface area contributed by atoms with Crippen LogP contribution in [-0.2, 0) is 4.74 Å². The van der Waals surface area contributed by atoms with Gasteiger partial charge in [0.25, 0.3) is 0 Å². The Labute approximate surface area is 121 Å². The van der Waals surface area contributed by atoms with Crippen LogP contribution in [0.25, 0.3) is 0 Å². The van der Waals surface area contributed by atoms with Crippen LogP contribution in [0.2, 0.25) is 5.02 Å². The smallest absolute Gasteiger partial charge is 0.0872 e. The fourth-order valence-corrected chi connectivity index (χ4v) is 3.43. The minimum absolute atomic E-state index is 0.113. The zero-order chi connectivity index (χ0) is 14.0. The molecule has 19 heavy (non-hydrogen) atoms. The molecule has 1 aromatic carbocycles. The van der Waals surface area contributed by atoms with E-state index in [9.17, 15) is 0 Å². The van der Waals surface area contributed by atoms with Gasteiger partial charge in [0.15, 0.2) is 0 Å². The zero-order valence-corrected chi connectivity index (χ0v) is 12.8. The third-order valence-corrected chi connectivity index (χ3v) is 4.93. The number of hydrogen-bond acceptors (Lipinski definition) is 2. The summed E-state index contributed by atoms with van der Waals surface area (Å²) in [4.78, 5) is 0. The van der Waals surface area contributed by atoms with Crippen molar-refractivity contribution >= 4 is 11.6 Å². The number of ether oxygens (including phenoxy) is 1. The molecule has 1 fully saturated rings. The molecular weight excluding hydrogens is 258 g/mol. The highest BCUT2D eigenvalue weighted by atomic mass is 35.5. The lowest BCUT2D eigenvalue weighted by Crippen LogP contribution is -2.46. The molecular formula is C16H24ClNO. The fourth-order valence-electron chi connectivity index (χ4n) is 3.24. The van der Waals surface area contributed by atoms with Crippen molar-refractivity contribution in [3.63, 3.8) is 0 Å². The number of methoxy groups -OCH3 is 1. The Kier molecular flexibility index (Phi) is 4.54. The molecule has 0 spiro atoms. The first kappa shape index (κ1) is 14.8.